The molecule has 10 heteroatoms. The Kier molecular flexibility index (Phi) is 7.38. The molecule has 0 saturated heterocycles. The van der Waals surface area contributed by atoms with Crippen LogP contribution in [0.25, 0.3) is 0 Å². The van der Waals surface area contributed by atoms with Crippen LogP contribution >= 0.6 is 39.1 Å². The molecule has 0 aliphatic heterocycles. The standard InChI is InChI=1S/C21H16BrCl2N3O3S/c1-13(26-27-31(29,30)18-8-5-15(22)6-9-18)14-3-2-4-17(11-14)25-21(28)19-10-7-16(23)12-20(19)24/h2-12,27H,1H3,(H,25,28)/b26-13-. The van der Waals surface area contributed by atoms with Gasteiger partial charge in [0.25, 0.3) is 15.9 Å². The zero-order valence-corrected chi connectivity index (χ0v) is 20.0. The summed E-state index contributed by atoms with van der Waals surface area (Å²) < 4.78 is 25.6. The van der Waals surface area contributed by atoms with Crippen molar-refractivity contribution in [3.05, 3.63) is 92.4 Å². The maximum Gasteiger partial charge on any atom is 0.276 e. The summed E-state index contributed by atoms with van der Waals surface area (Å²) in [5, 5.41) is 7.41. The van der Waals surface area contributed by atoms with Crippen LogP contribution in [0.5, 0.6) is 0 Å². The van der Waals surface area contributed by atoms with E-state index >= 15 is 0 Å². The van der Waals surface area contributed by atoms with Crippen LogP contribution in [-0.2, 0) is 10.0 Å². The van der Waals surface area contributed by atoms with Crippen LogP contribution in [0.1, 0.15) is 22.8 Å². The molecule has 0 aromatic heterocycles. The smallest absolute Gasteiger partial charge is 0.276 e. The molecule has 160 valence electrons. The van der Waals surface area contributed by atoms with Crippen LogP contribution in [0.4, 0.5) is 5.69 Å². The summed E-state index contributed by atoms with van der Waals surface area (Å²) in [6.07, 6.45) is 0. The van der Waals surface area contributed by atoms with Gasteiger partial charge >= 0.3 is 0 Å². The number of nitrogens with zero attached hydrogens (tertiary/aromatic N) is 1. The Labute approximate surface area is 198 Å². The van der Waals surface area contributed by atoms with E-state index < -0.39 is 15.9 Å². The summed E-state index contributed by atoms with van der Waals surface area (Å²) in [5.41, 5.74) is 1.82. The largest absolute Gasteiger partial charge is 0.322 e. The maximum absolute atomic E-state index is 12.5. The van der Waals surface area contributed by atoms with Gasteiger partial charge in [0, 0.05) is 15.2 Å². The van der Waals surface area contributed by atoms with E-state index in [1.165, 1.54) is 24.3 Å². The van der Waals surface area contributed by atoms with Gasteiger partial charge < -0.3 is 5.32 Å². The molecule has 0 aliphatic carbocycles. The zero-order valence-electron chi connectivity index (χ0n) is 16.1. The third-order valence-corrected chi connectivity index (χ3v) is 6.47. The minimum absolute atomic E-state index is 0.0908. The van der Waals surface area contributed by atoms with Gasteiger partial charge in [-0.1, -0.05) is 51.3 Å². The summed E-state index contributed by atoms with van der Waals surface area (Å²) in [6, 6.07) is 17.6. The van der Waals surface area contributed by atoms with Crippen molar-refractivity contribution in [3.63, 3.8) is 0 Å². The number of carbonyl (C=O) groups is 1. The second-order valence-electron chi connectivity index (χ2n) is 6.40. The predicted octanol–water partition coefficient (Wildman–Crippen LogP) is 5.71. The molecule has 1 amide bonds. The molecule has 0 atom stereocenters. The summed E-state index contributed by atoms with van der Waals surface area (Å²) in [7, 11) is -3.81. The Bertz CT molecular complexity index is 1260. The third-order valence-electron chi connectivity index (χ3n) is 4.17. The fraction of sp³-hybridized carbons (Fsp3) is 0.0476. The highest BCUT2D eigenvalue weighted by molar-refractivity contribution is 9.10. The number of hydrazone groups is 1. The Morgan fingerprint density at radius 1 is 1.00 bits per heavy atom. The molecule has 0 bridgehead atoms. The number of nitrogens with one attached hydrogen (secondary N) is 2. The summed E-state index contributed by atoms with van der Waals surface area (Å²) in [4.78, 5) is 14.8. The van der Waals surface area contributed by atoms with Gasteiger partial charge in [-0.3, -0.25) is 4.79 Å². The topological polar surface area (TPSA) is 87.6 Å². The number of hydrogen-bond acceptors (Lipinski definition) is 4. The lowest BCUT2D eigenvalue weighted by atomic mass is 10.1. The van der Waals surface area contributed by atoms with E-state index in [0.29, 0.717) is 22.0 Å². The molecule has 0 fully saturated rings. The Balaban J connectivity index is 1.75. The van der Waals surface area contributed by atoms with E-state index in [2.05, 4.69) is 31.2 Å². The molecule has 0 radical (unpaired) electrons. The van der Waals surface area contributed by atoms with Gasteiger partial charge in [0.15, 0.2) is 0 Å². The first kappa shape index (κ1) is 23.3. The number of hydrogen-bond donors (Lipinski definition) is 2. The number of carbonyl (C=O) groups excluding carboxylic acids is 1. The molecular weight excluding hydrogens is 525 g/mol. The Morgan fingerprint density at radius 2 is 1.71 bits per heavy atom. The summed E-state index contributed by atoms with van der Waals surface area (Å²) in [5.74, 6) is -0.399. The molecule has 6 nitrogen and oxygen atoms in total. The van der Waals surface area contributed by atoms with E-state index in [-0.39, 0.29) is 15.5 Å². The van der Waals surface area contributed by atoms with Crippen molar-refractivity contribution in [2.24, 2.45) is 5.10 Å². The van der Waals surface area contributed by atoms with Crippen LogP contribution in [0.2, 0.25) is 10.0 Å². The van der Waals surface area contributed by atoms with Crippen molar-refractivity contribution in [3.8, 4) is 0 Å². The van der Waals surface area contributed by atoms with E-state index in [1.54, 1.807) is 49.4 Å². The highest BCUT2D eigenvalue weighted by Crippen LogP contribution is 2.22. The average Bonchev–Trinajstić information content (AvgIpc) is 2.72. The number of benzene rings is 3. The van der Waals surface area contributed by atoms with Crippen molar-refractivity contribution < 1.29 is 13.2 Å². The second kappa shape index (κ2) is 9.82. The van der Waals surface area contributed by atoms with Crippen LogP contribution in [-0.4, -0.2) is 20.0 Å². The zero-order chi connectivity index (χ0) is 22.6. The number of halogens is 3. The molecule has 3 rings (SSSR count). The summed E-state index contributed by atoms with van der Waals surface area (Å²) in [6.45, 7) is 1.65. The molecule has 3 aromatic rings. The fourth-order valence-corrected chi connectivity index (χ4v) is 4.17. The van der Waals surface area contributed by atoms with Gasteiger partial charge in [-0.05, 0) is 67.1 Å². The van der Waals surface area contributed by atoms with E-state index in [0.717, 1.165) is 4.47 Å². The first-order valence-corrected chi connectivity index (χ1v) is 11.9. The van der Waals surface area contributed by atoms with E-state index in [4.69, 9.17) is 23.2 Å². The van der Waals surface area contributed by atoms with Crippen LogP contribution in [0, 0.1) is 0 Å². The monoisotopic (exact) mass is 539 g/mol. The van der Waals surface area contributed by atoms with Gasteiger partial charge in [0.05, 0.1) is 21.2 Å². The lowest BCUT2D eigenvalue weighted by Crippen LogP contribution is -2.20. The Hall–Kier alpha value is -2.39. The van der Waals surface area contributed by atoms with Gasteiger partial charge in [-0.25, -0.2) is 0 Å². The first-order valence-electron chi connectivity index (χ1n) is 8.84. The van der Waals surface area contributed by atoms with E-state index in [1.807, 2.05) is 0 Å². The lowest BCUT2D eigenvalue weighted by molar-refractivity contribution is 0.102. The number of rotatable bonds is 6. The van der Waals surface area contributed by atoms with Crippen molar-refractivity contribution in [2.75, 3.05) is 5.32 Å². The minimum Gasteiger partial charge on any atom is -0.322 e. The molecule has 0 heterocycles. The number of anilines is 1. The van der Waals surface area contributed by atoms with Crippen molar-refractivity contribution in [1.82, 2.24) is 4.83 Å². The molecule has 31 heavy (non-hydrogen) atoms. The average molecular weight is 541 g/mol. The molecule has 0 aliphatic rings. The van der Waals surface area contributed by atoms with Gasteiger partial charge in [0.2, 0.25) is 0 Å². The Morgan fingerprint density at radius 3 is 2.39 bits per heavy atom. The molecule has 0 spiro atoms. The quantitative estimate of drug-likeness (QED) is 0.310. The number of amides is 1. The van der Waals surface area contributed by atoms with Crippen molar-refractivity contribution in [2.45, 2.75) is 11.8 Å². The highest BCUT2D eigenvalue weighted by atomic mass is 79.9. The molecular formula is C21H16BrCl2N3O3S. The minimum atomic E-state index is -3.81. The fourth-order valence-electron chi connectivity index (χ4n) is 2.55. The van der Waals surface area contributed by atoms with Crippen molar-refractivity contribution >= 4 is 66.5 Å². The van der Waals surface area contributed by atoms with Gasteiger partial charge in [-0.15, -0.1) is 0 Å². The lowest BCUT2D eigenvalue weighted by Gasteiger charge is -2.09. The van der Waals surface area contributed by atoms with Gasteiger partial charge in [-0.2, -0.15) is 18.4 Å². The van der Waals surface area contributed by atoms with Crippen molar-refractivity contribution in [1.29, 1.82) is 0 Å². The molecule has 3 aromatic carbocycles. The first-order chi connectivity index (χ1) is 14.7. The van der Waals surface area contributed by atoms with Crippen LogP contribution in [0.3, 0.4) is 0 Å². The second-order valence-corrected chi connectivity index (χ2v) is 9.83. The summed E-state index contributed by atoms with van der Waals surface area (Å²) >= 11 is 15.2. The third kappa shape index (κ3) is 6.07. The molecule has 2 N–H and O–H groups in total. The highest BCUT2D eigenvalue weighted by Gasteiger charge is 2.14. The SMILES string of the molecule is C/C(=N/NS(=O)(=O)c1ccc(Br)cc1)c1cccc(NC(=O)c2ccc(Cl)cc2Cl)c1. The maximum atomic E-state index is 12.5. The normalized spacial score (nSPS) is 11.8. The van der Waals surface area contributed by atoms with Gasteiger partial charge in [0.1, 0.15) is 0 Å². The number of sulfonamides is 1. The van der Waals surface area contributed by atoms with Crippen LogP contribution in [0.15, 0.2) is 81.2 Å². The van der Waals surface area contributed by atoms with E-state index in [9.17, 15) is 13.2 Å². The molecule has 0 unspecified atom stereocenters. The predicted molar refractivity (Wildman–Crippen MR) is 128 cm³/mol. The van der Waals surface area contributed by atoms with Crippen LogP contribution < -0.4 is 10.1 Å². The molecule has 0 saturated carbocycles.